The zero-order chi connectivity index (χ0) is 26.2. The molecule has 1 saturated carbocycles. The van der Waals surface area contributed by atoms with Gasteiger partial charge in [0, 0.05) is 36.1 Å². The molecule has 1 aliphatic rings. The van der Waals surface area contributed by atoms with Crippen molar-refractivity contribution < 1.29 is 41.1 Å². The average Bonchev–Trinajstić information content (AvgIpc) is 3.41. The summed E-state index contributed by atoms with van der Waals surface area (Å²) in [6.45, 7) is 8.32. The first-order valence-corrected chi connectivity index (χ1v) is 13.5. The number of hydrazine groups is 1. The first-order valence-electron chi connectivity index (χ1n) is 12.7. The van der Waals surface area contributed by atoms with Crippen LogP contribution in [-0.4, -0.2) is 28.0 Å². The molecule has 3 N–H and O–H groups in total. The van der Waals surface area contributed by atoms with Crippen LogP contribution >= 0.6 is 11.3 Å². The van der Waals surface area contributed by atoms with E-state index >= 15 is 0 Å². The molecule has 198 valence electrons. The summed E-state index contributed by atoms with van der Waals surface area (Å²) in [4.78, 5) is 19.2. The smallest absolute Gasteiger partial charge is 0.542 e. The van der Waals surface area contributed by atoms with Gasteiger partial charge in [0.2, 0.25) is 0 Å². The molecule has 1 fully saturated rings. The van der Waals surface area contributed by atoms with E-state index in [0.29, 0.717) is 24.6 Å². The molecule has 0 saturated heterocycles. The molecule has 0 radical (unpaired) electrons. The van der Waals surface area contributed by atoms with E-state index in [4.69, 9.17) is 9.78 Å². The van der Waals surface area contributed by atoms with Crippen molar-refractivity contribution in [1.29, 1.82) is 0 Å². The van der Waals surface area contributed by atoms with Gasteiger partial charge in [0.05, 0.1) is 15.6 Å². The van der Waals surface area contributed by atoms with Crippen molar-refractivity contribution in [2.75, 3.05) is 17.0 Å². The topological polar surface area (TPSA) is 90.4 Å². The zero-order valence-corrected chi connectivity index (χ0v) is 27.3. The molecule has 0 spiro atoms. The summed E-state index contributed by atoms with van der Waals surface area (Å²) in [6.07, 6.45) is 14.3. The van der Waals surface area contributed by atoms with Gasteiger partial charge in [-0.05, 0) is 43.2 Å². The van der Waals surface area contributed by atoms with Gasteiger partial charge in [-0.2, -0.15) is 25.4 Å². The molecule has 0 amide bonds. The predicted octanol–water partition coefficient (Wildman–Crippen LogP) is 7.45. The molecule has 2 aromatic heterocycles. The van der Waals surface area contributed by atoms with Gasteiger partial charge in [-0.25, -0.2) is 15.4 Å². The van der Waals surface area contributed by atoms with Gasteiger partial charge in [-0.3, -0.25) is 11.5 Å². The van der Waals surface area contributed by atoms with E-state index in [9.17, 15) is 5.21 Å². The molecule has 0 atom stereocenters. The maximum atomic E-state index is 10.6. The minimum atomic E-state index is 0. The van der Waals surface area contributed by atoms with E-state index < -0.39 is 0 Å². The Hall–Kier alpha value is -1.76. The third-order valence-electron chi connectivity index (χ3n) is 5.36. The number of anilines is 3. The summed E-state index contributed by atoms with van der Waals surface area (Å²) < 4.78 is 0. The second-order valence-electron chi connectivity index (χ2n) is 8.37. The maximum absolute atomic E-state index is 10.6. The van der Waals surface area contributed by atoms with Crippen molar-refractivity contribution in [2.45, 2.75) is 72.1 Å². The molecule has 7 nitrogen and oxygen atoms in total. The Balaban J connectivity index is 0.000000768. The van der Waals surface area contributed by atoms with Crippen LogP contribution in [0.25, 0.3) is 10.4 Å². The second kappa shape index (κ2) is 19.3. The molecule has 1 aromatic carbocycles. The van der Waals surface area contributed by atoms with E-state index in [1.165, 1.54) is 37.1 Å². The van der Waals surface area contributed by atoms with Crippen LogP contribution in [0.1, 0.15) is 77.1 Å². The van der Waals surface area contributed by atoms with Crippen LogP contribution in [0.2, 0.25) is 0 Å². The molecular formula is C28H39N5O2SU. The molecule has 3 aromatic rings. The molecule has 0 bridgehead atoms. The molecule has 2 heterocycles. The van der Waals surface area contributed by atoms with Gasteiger partial charge in [-0.1, -0.05) is 39.2 Å². The predicted molar refractivity (Wildman–Crippen MR) is 150 cm³/mol. The number of carbonyl (C=O) groups excluding carboxylic acids is 1. The van der Waals surface area contributed by atoms with E-state index in [1.54, 1.807) is 30.7 Å². The summed E-state index contributed by atoms with van der Waals surface area (Å²) >= 11 is 1.74. The first-order chi connectivity index (χ1) is 17.6. The fraction of sp³-hybridized carbons (Fsp3) is 0.429. The minimum absolute atomic E-state index is 0. The Bertz CT molecular complexity index is 1010. The number of nitrogens with zero attached hydrogens (tertiary/aromatic N) is 3. The van der Waals surface area contributed by atoms with E-state index in [2.05, 4.69) is 15.7 Å². The number of benzene rings is 1. The zero-order valence-electron chi connectivity index (χ0n) is 22.3. The summed E-state index contributed by atoms with van der Waals surface area (Å²) in [5.41, 5.74) is 5.47. The van der Waals surface area contributed by atoms with Crippen molar-refractivity contribution >= 4 is 34.8 Å². The molecule has 37 heavy (non-hydrogen) atoms. The van der Waals surface area contributed by atoms with Gasteiger partial charge < -0.3 is 16.5 Å². The minimum Gasteiger partial charge on any atom is -0.542 e. The Morgan fingerprint density at radius 1 is 1.14 bits per heavy atom. The van der Waals surface area contributed by atoms with Gasteiger partial charge >= 0.3 is 31.1 Å². The third kappa shape index (κ3) is 11.3. The largest absolute Gasteiger partial charge is 2.00 e. The fourth-order valence-electron chi connectivity index (χ4n) is 3.76. The van der Waals surface area contributed by atoms with Gasteiger partial charge in [0.15, 0.2) is 0 Å². The quantitative estimate of drug-likeness (QED) is 0.163. The van der Waals surface area contributed by atoms with Crippen LogP contribution in [0.4, 0.5) is 17.2 Å². The van der Waals surface area contributed by atoms with Crippen LogP contribution in [0.3, 0.4) is 0 Å². The van der Waals surface area contributed by atoms with Crippen LogP contribution in [0, 0.1) is 37.5 Å². The fourth-order valence-corrected chi connectivity index (χ4v) is 4.88. The van der Waals surface area contributed by atoms with Crippen molar-refractivity contribution in [1.82, 2.24) is 15.4 Å². The Kier molecular flexibility index (Phi) is 17.4. The van der Waals surface area contributed by atoms with E-state index in [0.717, 1.165) is 27.1 Å². The number of pyridine rings is 1. The Morgan fingerprint density at radius 2 is 1.84 bits per heavy atom. The molecule has 9 heteroatoms. The molecule has 0 aliphatic heterocycles. The summed E-state index contributed by atoms with van der Waals surface area (Å²) in [5.74, 6) is 1.34. The molecule has 1 aliphatic carbocycles. The number of nitrogens with one attached hydrogen (secondary N) is 2. The van der Waals surface area contributed by atoms with Crippen LogP contribution < -0.4 is 15.9 Å². The first kappa shape index (κ1) is 33.3. The van der Waals surface area contributed by atoms with Gasteiger partial charge in [-0.15, -0.1) is 11.3 Å². The second-order valence-corrected chi connectivity index (χ2v) is 9.43. The summed E-state index contributed by atoms with van der Waals surface area (Å²) in [5, 5.41) is 16.2. The molecular weight excluding hydrogens is 708 g/mol. The van der Waals surface area contributed by atoms with Crippen LogP contribution in [0.15, 0.2) is 48.8 Å². The standard InChI is InChI=1S/C22H27N5OS.C3H5O.C3H7.U/c1-2-25-27(28)19-14-17(26-21-10-6-7-13-23-21)11-12-18(19)20-15-24-22(29-20)16-8-4-3-5-9-16;1-2-3-4;1-3-2;/h6-7,10-16,25,28H,2-5,8-9H2,1H3,(H,23,26);2H2,1H3;3H,1-2H3;/q;2*-1;+2. The number of hydrogen-bond acceptors (Lipinski definition) is 8. The normalized spacial score (nSPS) is 12.7. The Morgan fingerprint density at radius 3 is 2.43 bits per heavy atom. The van der Waals surface area contributed by atoms with Crippen molar-refractivity contribution in [3.63, 3.8) is 0 Å². The molecule has 4 rings (SSSR count). The van der Waals surface area contributed by atoms with Crippen molar-refractivity contribution in [3.05, 3.63) is 60.2 Å². The molecule has 0 unspecified atom stereocenters. The summed E-state index contributed by atoms with van der Waals surface area (Å²) in [7, 11) is 0. The SMILES string of the molecule is CCNN(O)c1cc(Nc2ccccn2)ccc1-c1cnc(C2CCCCC2)s1.CC[C-]=O.C[CH-]C.[U+2]. The third-order valence-corrected chi connectivity index (χ3v) is 6.55. The van der Waals surface area contributed by atoms with Gasteiger partial charge in [0.1, 0.15) is 5.82 Å². The Labute approximate surface area is 249 Å². The number of aromatic nitrogens is 2. The monoisotopic (exact) mass is 747 g/mol. The van der Waals surface area contributed by atoms with E-state index in [-0.39, 0.29) is 31.1 Å². The van der Waals surface area contributed by atoms with Gasteiger partial charge in [0.25, 0.3) is 0 Å². The van der Waals surface area contributed by atoms with Crippen LogP contribution in [-0.2, 0) is 4.79 Å². The van der Waals surface area contributed by atoms with Crippen molar-refractivity contribution in [3.8, 4) is 10.4 Å². The van der Waals surface area contributed by atoms with Crippen molar-refractivity contribution in [2.24, 2.45) is 0 Å². The summed E-state index contributed by atoms with van der Waals surface area (Å²) in [6, 6.07) is 11.7. The maximum Gasteiger partial charge on any atom is 2.00 e. The number of rotatable bonds is 8. The van der Waals surface area contributed by atoms with Crippen LogP contribution in [0.5, 0.6) is 0 Å². The van der Waals surface area contributed by atoms with E-state index in [1.807, 2.05) is 69.8 Å². The number of hydrogen-bond donors (Lipinski definition) is 3. The number of thiazole rings is 1. The average molecular weight is 748 g/mol.